The van der Waals surface area contributed by atoms with Crippen LogP contribution in [0.4, 0.5) is 5.69 Å². The summed E-state index contributed by atoms with van der Waals surface area (Å²) in [6, 6.07) is 7.47. The summed E-state index contributed by atoms with van der Waals surface area (Å²) in [5.41, 5.74) is 0.764. The van der Waals surface area contributed by atoms with Gasteiger partial charge < -0.3 is 5.32 Å². The van der Waals surface area contributed by atoms with Gasteiger partial charge in [-0.25, -0.2) is 8.42 Å². The molecule has 1 aliphatic heterocycles. The largest absolute Gasteiger partial charge is 0.326 e. The highest BCUT2D eigenvalue weighted by Gasteiger charge is 2.31. The van der Waals surface area contributed by atoms with Crippen LogP contribution in [0.25, 0.3) is 0 Å². The van der Waals surface area contributed by atoms with E-state index in [0.717, 1.165) is 16.7 Å². The number of rotatable bonds is 6. The maximum Gasteiger partial charge on any atom is 0.225 e. The molecule has 1 atom stereocenters. The molecule has 0 bridgehead atoms. The smallest absolute Gasteiger partial charge is 0.225 e. The molecule has 0 spiro atoms. The van der Waals surface area contributed by atoms with Gasteiger partial charge in [0.25, 0.3) is 0 Å². The number of carbonyl (C=O) groups is 1. The summed E-state index contributed by atoms with van der Waals surface area (Å²) in [6.07, 6.45) is 1.03. The molecule has 1 unspecified atom stereocenters. The van der Waals surface area contributed by atoms with Gasteiger partial charge in [0.05, 0.1) is 11.5 Å². The summed E-state index contributed by atoms with van der Waals surface area (Å²) in [5.74, 6) is 0.427. The molecule has 2 rings (SSSR count). The molecule has 1 aromatic rings. The van der Waals surface area contributed by atoms with Crippen LogP contribution >= 0.6 is 15.9 Å². The van der Waals surface area contributed by atoms with Crippen molar-refractivity contribution in [3.05, 3.63) is 28.7 Å². The van der Waals surface area contributed by atoms with Gasteiger partial charge in [0.2, 0.25) is 5.91 Å². The van der Waals surface area contributed by atoms with E-state index < -0.39 is 9.84 Å². The highest BCUT2D eigenvalue weighted by Crippen LogP contribution is 2.18. The van der Waals surface area contributed by atoms with Gasteiger partial charge in [-0.1, -0.05) is 22.9 Å². The van der Waals surface area contributed by atoms with Crippen LogP contribution in [0.5, 0.6) is 0 Å². The van der Waals surface area contributed by atoms with Gasteiger partial charge in [-0.2, -0.15) is 0 Å². The number of halogens is 1. The number of amides is 1. The van der Waals surface area contributed by atoms with Crippen LogP contribution in [-0.4, -0.2) is 49.9 Å². The number of carbonyl (C=O) groups excluding carboxylic acids is 1. The summed E-state index contributed by atoms with van der Waals surface area (Å²) in [6.45, 7) is 3.34. The van der Waals surface area contributed by atoms with Crippen LogP contribution in [0.15, 0.2) is 28.7 Å². The molecule has 7 heteroatoms. The zero-order chi connectivity index (χ0) is 16.2. The fourth-order valence-corrected chi connectivity index (χ4v) is 4.69. The Morgan fingerprint density at radius 1 is 1.36 bits per heavy atom. The number of hydrogen-bond acceptors (Lipinski definition) is 4. The van der Waals surface area contributed by atoms with E-state index in [2.05, 4.69) is 26.1 Å². The molecular weight excluding hydrogens is 368 g/mol. The number of anilines is 1. The quantitative estimate of drug-likeness (QED) is 0.811. The van der Waals surface area contributed by atoms with E-state index in [9.17, 15) is 13.2 Å². The molecule has 122 valence electrons. The molecule has 1 aromatic carbocycles. The summed E-state index contributed by atoms with van der Waals surface area (Å²) in [4.78, 5) is 14.1. The Morgan fingerprint density at radius 3 is 2.59 bits per heavy atom. The molecule has 0 aliphatic carbocycles. The Labute approximate surface area is 140 Å². The molecule has 0 saturated carbocycles. The zero-order valence-electron chi connectivity index (χ0n) is 12.6. The van der Waals surface area contributed by atoms with E-state index >= 15 is 0 Å². The molecule has 1 heterocycles. The SMILES string of the molecule is CCN(CCC(=O)Nc1ccc(Br)cc1)C1CCS(=O)(=O)C1. The lowest BCUT2D eigenvalue weighted by molar-refractivity contribution is -0.116. The molecule has 1 amide bonds. The first-order valence-corrected chi connectivity index (χ1v) is 10.0. The van der Waals surface area contributed by atoms with Gasteiger partial charge in [0.15, 0.2) is 9.84 Å². The second-order valence-electron chi connectivity index (χ2n) is 5.49. The average Bonchev–Trinajstić information content (AvgIpc) is 2.82. The van der Waals surface area contributed by atoms with Crippen molar-refractivity contribution in [3.63, 3.8) is 0 Å². The lowest BCUT2D eigenvalue weighted by Crippen LogP contribution is -2.38. The van der Waals surface area contributed by atoms with Crippen molar-refractivity contribution in [3.8, 4) is 0 Å². The maximum absolute atomic E-state index is 12.0. The second-order valence-corrected chi connectivity index (χ2v) is 8.63. The second kappa shape index (κ2) is 7.57. The van der Waals surface area contributed by atoms with Gasteiger partial charge in [-0.3, -0.25) is 9.69 Å². The molecule has 0 aromatic heterocycles. The first-order chi connectivity index (χ1) is 10.4. The number of nitrogens with one attached hydrogen (secondary N) is 1. The summed E-state index contributed by atoms with van der Waals surface area (Å²) in [7, 11) is -2.89. The predicted molar refractivity (Wildman–Crippen MR) is 91.7 cm³/mol. The fraction of sp³-hybridized carbons (Fsp3) is 0.533. The third-order valence-corrected chi connectivity index (χ3v) is 6.16. The number of benzene rings is 1. The number of sulfone groups is 1. The molecular formula is C15H21BrN2O3S. The molecule has 0 radical (unpaired) electrons. The molecule has 5 nitrogen and oxygen atoms in total. The topological polar surface area (TPSA) is 66.5 Å². The number of hydrogen-bond donors (Lipinski definition) is 1. The average molecular weight is 389 g/mol. The maximum atomic E-state index is 12.0. The van der Waals surface area contributed by atoms with Crippen LogP contribution in [-0.2, 0) is 14.6 Å². The monoisotopic (exact) mass is 388 g/mol. The van der Waals surface area contributed by atoms with E-state index in [0.29, 0.717) is 19.4 Å². The van der Waals surface area contributed by atoms with E-state index in [-0.39, 0.29) is 23.5 Å². The van der Waals surface area contributed by atoms with E-state index in [1.165, 1.54) is 0 Å². The Morgan fingerprint density at radius 2 is 2.05 bits per heavy atom. The fourth-order valence-electron chi connectivity index (χ4n) is 2.66. The Balaban J connectivity index is 1.82. The third-order valence-electron chi connectivity index (χ3n) is 3.89. The highest BCUT2D eigenvalue weighted by molar-refractivity contribution is 9.10. The first kappa shape index (κ1) is 17.4. The van der Waals surface area contributed by atoms with E-state index in [1.807, 2.05) is 31.2 Å². The Bertz CT molecular complexity index is 616. The van der Waals surface area contributed by atoms with Crippen molar-refractivity contribution < 1.29 is 13.2 Å². The predicted octanol–water partition coefficient (Wildman–Crippen LogP) is 2.29. The normalized spacial score (nSPS) is 20.2. The summed E-state index contributed by atoms with van der Waals surface area (Å²) < 4.78 is 24.1. The van der Waals surface area contributed by atoms with E-state index in [4.69, 9.17) is 0 Å². The first-order valence-electron chi connectivity index (χ1n) is 7.39. The Kier molecular flexibility index (Phi) is 6.00. The molecule has 1 fully saturated rings. The van der Waals surface area contributed by atoms with Crippen molar-refractivity contribution in [2.45, 2.75) is 25.8 Å². The van der Waals surface area contributed by atoms with Crippen LogP contribution in [0.1, 0.15) is 19.8 Å². The third kappa shape index (κ3) is 5.07. The van der Waals surface area contributed by atoms with Crippen molar-refractivity contribution in [2.24, 2.45) is 0 Å². The van der Waals surface area contributed by atoms with Gasteiger partial charge in [-0.05, 0) is 37.2 Å². The van der Waals surface area contributed by atoms with Crippen molar-refractivity contribution in [1.82, 2.24) is 4.90 Å². The molecule has 1 aliphatic rings. The van der Waals surface area contributed by atoms with Gasteiger partial charge in [0, 0.05) is 29.2 Å². The van der Waals surface area contributed by atoms with Crippen LogP contribution in [0, 0.1) is 0 Å². The summed E-state index contributed by atoms with van der Waals surface area (Å²) in [5, 5.41) is 2.85. The van der Waals surface area contributed by atoms with Gasteiger partial charge in [-0.15, -0.1) is 0 Å². The van der Waals surface area contributed by atoms with Crippen molar-refractivity contribution in [1.29, 1.82) is 0 Å². The van der Waals surface area contributed by atoms with Gasteiger partial charge in [0.1, 0.15) is 0 Å². The number of nitrogens with zero attached hydrogens (tertiary/aromatic N) is 1. The molecule has 22 heavy (non-hydrogen) atoms. The van der Waals surface area contributed by atoms with Crippen molar-refractivity contribution >= 4 is 37.4 Å². The van der Waals surface area contributed by atoms with E-state index in [1.54, 1.807) is 0 Å². The summed E-state index contributed by atoms with van der Waals surface area (Å²) >= 11 is 3.35. The Hall–Kier alpha value is -0.920. The van der Waals surface area contributed by atoms with Crippen LogP contribution in [0.2, 0.25) is 0 Å². The minimum Gasteiger partial charge on any atom is -0.326 e. The molecule has 1 saturated heterocycles. The van der Waals surface area contributed by atoms with Crippen LogP contribution < -0.4 is 5.32 Å². The van der Waals surface area contributed by atoms with Crippen LogP contribution in [0.3, 0.4) is 0 Å². The molecule has 1 N–H and O–H groups in total. The van der Waals surface area contributed by atoms with Crippen molar-refractivity contribution in [2.75, 3.05) is 29.9 Å². The lowest BCUT2D eigenvalue weighted by atomic mass is 10.2. The zero-order valence-corrected chi connectivity index (χ0v) is 15.0. The lowest BCUT2D eigenvalue weighted by Gasteiger charge is -2.26. The standard InChI is InChI=1S/C15H21BrN2O3S/c1-2-18(14-8-10-22(20,21)11-14)9-7-15(19)17-13-5-3-12(16)4-6-13/h3-6,14H,2,7-11H2,1H3,(H,17,19). The minimum atomic E-state index is -2.89. The van der Waals surface area contributed by atoms with Gasteiger partial charge >= 0.3 is 0 Å². The highest BCUT2D eigenvalue weighted by atomic mass is 79.9. The minimum absolute atomic E-state index is 0.0514.